The maximum Gasteiger partial charge on any atom is 0.313 e. The van der Waals surface area contributed by atoms with Gasteiger partial charge in [0.15, 0.2) is 0 Å². The van der Waals surface area contributed by atoms with Crippen LogP contribution in [0.3, 0.4) is 0 Å². The maximum absolute atomic E-state index is 11.8. The maximum atomic E-state index is 11.8. The van der Waals surface area contributed by atoms with Gasteiger partial charge in [0, 0.05) is 13.7 Å². The van der Waals surface area contributed by atoms with Crippen molar-refractivity contribution in [1.82, 2.24) is 5.32 Å². The van der Waals surface area contributed by atoms with Crippen molar-refractivity contribution in [3.8, 4) is 0 Å². The van der Waals surface area contributed by atoms with Crippen LogP contribution < -0.4 is 10.6 Å². The first kappa shape index (κ1) is 16.5. The molecule has 1 heterocycles. The minimum Gasteiger partial charge on any atom is -0.375 e. The molecule has 2 aromatic rings. The van der Waals surface area contributed by atoms with E-state index in [0.717, 1.165) is 5.56 Å². The lowest BCUT2D eigenvalue weighted by Gasteiger charge is -2.15. The van der Waals surface area contributed by atoms with Crippen LogP contribution in [0.5, 0.6) is 0 Å². The first-order valence-corrected chi connectivity index (χ1v) is 7.82. The van der Waals surface area contributed by atoms with E-state index in [4.69, 9.17) is 16.3 Å². The highest BCUT2D eigenvalue weighted by molar-refractivity contribution is 7.07. The van der Waals surface area contributed by atoms with E-state index in [9.17, 15) is 9.59 Å². The van der Waals surface area contributed by atoms with Crippen LogP contribution in [0.25, 0.3) is 0 Å². The molecule has 1 aromatic carbocycles. The van der Waals surface area contributed by atoms with Crippen molar-refractivity contribution in [2.24, 2.45) is 0 Å². The number of hydrogen-bond acceptors (Lipinski definition) is 4. The summed E-state index contributed by atoms with van der Waals surface area (Å²) in [5.74, 6) is -1.51. The van der Waals surface area contributed by atoms with Crippen molar-refractivity contribution in [2.45, 2.75) is 6.10 Å². The summed E-state index contributed by atoms with van der Waals surface area (Å²) in [6.45, 7) is 0.210. The average molecular weight is 339 g/mol. The quantitative estimate of drug-likeness (QED) is 0.824. The number of ether oxygens (including phenoxy) is 1. The summed E-state index contributed by atoms with van der Waals surface area (Å²) < 4.78 is 5.30. The number of thiophene rings is 1. The Kier molecular flexibility index (Phi) is 5.94. The van der Waals surface area contributed by atoms with Gasteiger partial charge in [-0.2, -0.15) is 11.3 Å². The highest BCUT2D eigenvalue weighted by Gasteiger charge is 2.18. The van der Waals surface area contributed by atoms with Gasteiger partial charge < -0.3 is 15.4 Å². The van der Waals surface area contributed by atoms with Gasteiger partial charge in [-0.3, -0.25) is 9.59 Å². The fraction of sp³-hybridized carbons (Fsp3) is 0.200. The lowest BCUT2D eigenvalue weighted by Crippen LogP contribution is -2.37. The molecule has 0 saturated carbocycles. The molecule has 0 aliphatic heterocycles. The molecule has 1 aromatic heterocycles. The van der Waals surface area contributed by atoms with Crippen molar-refractivity contribution in [1.29, 1.82) is 0 Å². The number of methoxy groups -OCH3 is 1. The molecule has 0 unspecified atom stereocenters. The number of hydrogen-bond donors (Lipinski definition) is 2. The van der Waals surface area contributed by atoms with Gasteiger partial charge in [0.25, 0.3) is 0 Å². The molecule has 0 bridgehead atoms. The predicted molar refractivity (Wildman–Crippen MR) is 87.2 cm³/mol. The third-order valence-electron chi connectivity index (χ3n) is 2.98. The molecular weight excluding hydrogens is 324 g/mol. The van der Waals surface area contributed by atoms with Gasteiger partial charge in [-0.1, -0.05) is 23.7 Å². The van der Waals surface area contributed by atoms with Crippen LogP contribution in [-0.4, -0.2) is 25.5 Å². The Bertz CT molecular complexity index is 646. The molecule has 2 rings (SSSR count). The number of para-hydroxylation sites is 1. The van der Waals surface area contributed by atoms with Crippen molar-refractivity contribution in [2.75, 3.05) is 19.0 Å². The van der Waals surface area contributed by atoms with Gasteiger partial charge in [0.1, 0.15) is 6.10 Å². The van der Waals surface area contributed by atoms with Crippen LogP contribution in [0.2, 0.25) is 5.02 Å². The summed E-state index contributed by atoms with van der Waals surface area (Å²) in [5.41, 5.74) is 1.35. The lowest BCUT2D eigenvalue weighted by molar-refractivity contribution is -0.136. The number of carbonyl (C=O) groups is 2. The van der Waals surface area contributed by atoms with Gasteiger partial charge in [-0.05, 0) is 34.5 Å². The summed E-state index contributed by atoms with van der Waals surface area (Å²) >= 11 is 7.47. The molecule has 0 spiro atoms. The molecular formula is C15H15ClN2O3S. The monoisotopic (exact) mass is 338 g/mol. The third-order valence-corrected chi connectivity index (χ3v) is 4.01. The molecule has 1 atom stereocenters. The fourth-order valence-electron chi connectivity index (χ4n) is 1.80. The summed E-state index contributed by atoms with van der Waals surface area (Å²) in [7, 11) is 1.55. The Morgan fingerprint density at radius 3 is 2.68 bits per heavy atom. The second-order valence-electron chi connectivity index (χ2n) is 4.43. The topological polar surface area (TPSA) is 67.4 Å². The van der Waals surface area contributed by atoms with Gasteiger partial charge in [0.2, 0.25) is 0 Å². The molecule has 0 radical (unpaired) electrons. The van der Waals surface area contributed by atoms with E-state index in [1.54, 1.807) is 42.7 Å². The van der Waals surface area contributed by atoms with Gasteiger partial charge in [-0.15, -0.1) is 0 Å². The molecule has 0 fully saturated rings. The van der Waals surface area contributed by atoms with Gasteiger partial charge in [-0.25, -0.2) is 0 Å². The highest BCUT2D eigenvalue weighted by atomic mass is 35.5. The largest absolute Gasteiger partial charge is 0.375 e. The Labute approximate surface area is 137 Å². The first-order valence-electron chi connectivity index (χ1n) is 6.50. The van der Waals surface area contributed by atoms with Crippen molar-refractivity contribution < 1.29 is 14.3 Å². The van der Waals surface area contributed by atoms with E-state index < -0.39 is 11.8 Å². The van der Waals surface area contributed by atoms with Crippen LogP contribution in [0.15, 0.2) is 41.1 Å². The molecule has 2 N–H and O–H groups in total. The fourth-order valence-corrected chi connectivity index (χ4v) is 2.69. The molecule has 0 aliphatic rings. The van der Waals surface area contributed by atoms with E-state index in [-0.39, 0.29) is 12.6 Å². The van der Waals surface area contributed by atoms with E-state index in [1.165, 1.54) is 0 Å². The molecule has 22 heavy (non-hydrogen) atoms. The molecule has 116 valence electrons. The normalized spacial score (nSPS) is 11.7. The Morgan fingerprint density at radius 2 is 2.05 bits per heavy atom. The summed E-state index contributed by atoms with van der Waals surface area (Å²) in [6, 6.07) is 8.62. The number of amides is 2. The zero-order valence-electron chi connectivity index (χ0n) is 11.8. The third kappa shape index (κ3) is 4.30. The zero-order valence-corrected chi connectivity index (χ0v) is 13.4. The van der Waals surface area contributed by atoms with Crippen molar-refractivity contribution >= 4 is 40.4 Å². The van der Waals surface area contributed by atoms with Crippen LogP contribution in [0.1, 0.15) is 11.7 Å². The average Bonchev–Trinajstić information content (AvgIpc) is 3.04. The number of anilines is 1. The first-order chi connectivity index (χ1) is 10.6. The number of rotatable bonds is 5. The van der Waals surface area contributed by atoms with Crippen molar-refractivity contribution in [3.63, 3.8) is 0 Å². The highest BCUT2D eigenvalue weighted by Crippen LogP contribution is 2.20. The lowest BCUT2D eigenvalue weighted by atomic mass is 10.2. The van der Waals surface area contributed by atoms with Gasteiger partial charge >= 0.3 is 11.8 Å². The second-order valence-corrected chi connectivity index (χ2v) is 5.61. The van der Waals surface area contributed by atoms with E-state index in [0.29, 0.717) is 10.7 Å². The van der Waals surface area contributed by atoms with Gasteiger partial charge in [0.05, 0.1) is 10.7 Å². The molecule has 2 amide bonds. The van der Waals surface area contributed by atoms with Crippen LogP contribution in [0.4, 0.5) is 5.69 Å². The number of carbonyl (C=O) groups excluding carboxylic acids is 2. The van der Waals surface area contributed by atoms with E-state index in [1.807, 2.05) is 16.8 Å². The van der Waals surface area contributed by atoms with Crippen LogP contribution >= 0.6 is 22.9 Å². The smallest absolute Gasteiger partial charge is 0.313 e. The predicted octanol–water partition coefficient (Wildman–Crippen LogP) is 2.84. The Hall–Kier alpha value is -1.89. The molecule has 5 nitrogen and oxygen atoms in total. The minimum absolute atomic E-state index is 0.210. The van der Waals surface area contributed by atoms with E-state index in [2.05, 4.69) is 10.6 Å². The minimum atomic E-state index is -0.770. The van der Waals surface area contributed by atoms with E-state index >= 15 is 0 Å². The number of halogens is 1. The molecule has 0 aliphatic carbocycles. The van der Waals surface area contributed by atoms with Crippen molar-refractivity contribution in [3.05, 3.63) is 51.7 Å². The summed E-state index contributed by atoms with van der Waals surface area (Å²) in [5, 5.41) is 9.24. The SMILES string of the molecule is CO[C@H](CNC(=O)C(=O)Nc1ccccc1Cl)c1ccsc1. The Morgan fingerprint density at radius 1 is 1.27 bits per heavy atom. The standard InChI is InChI=1S/C15H15ClN2O3S/c1-21-13(10-6-7-22-9-10)8-17-14(19)15(20)18-12-5-3-2-4-11(12)16/h2-7,9,13H,8H2,1H3,(H,17,19)(H,18,20)/t13-/m1/s1. The number of nitrogens with one attached hydrogen (secondary N) is 2. The zero-order chi connectivity index (χ0) is 15.9. The number of benzene rings is 1. The Balaban J connectivity index is 1.89. The summed E-state index contributed by atoms with van der Waals surface area (Å²) in [6.07, 6.45) is -0.289. The second kappa shape index (κ2) is 7.93. The molecule has 7 heteroatoms. The molecule has 0 saturated heterocycles. The van der Waals surface area contributed by atoms with Crippen LogP contribution in [0, 0.1) is 0 Å². The summed E-state index contributed by atoms with van der Waals surface area (Å²) in [4.78, 5) is 23.7. The van der Waals surface area contributed by atoms with Crippen LogP contribution in [-0.2, 0) is 14.3 Å².